The van der Waals surface area contributed by atoms with Gasteiger partial charge < -0.3 is 10.4 Å². The van der Waals surface area contributed by atoms with Crippen LogP contribution in [0.5, 0.6) is 0 Å². The van der Waals surface area contributed by atoms with Crippen LogP contribution in [0.15, 0.2) is 22.7 Å². The summed E-state index contributed by atoms with van der Waals surface area (Å²) in [6, 6.07) is 2.69. The van der Waals surface area contributed by atoms with Gasteiger partial charge in [-0.1, -0.05) is 13.3 Å². The highest BCUT2D eigenvalue weighted by molar-refractivity contribution is 9.10. The quantitative estimate of drug-likeness (QED) is 0.607. The van der Waals surface area contributed by atoms with Gasteiger partial charge in [0.1, 0.15) is 6.04 Å². The first-order valence-electron chi connectivity index (χ1n) is 5.84. The zero-order valence-electron chi connectivity index (χ0n) is 10.6. The third-order valence-electron chi connectivity index (χ3n) is 2.59. The molecule has 0 bridgehead atoms. The fourth-order valence-electron chi connectivity index (χ4n) is 1.58. The number of benzene rings is 1. The Balaban J connectivity index is 2.92. The molecule has 0 saturated carbocycles. The zero-order chi connectivity index (χ0) is 15.3. The normalized spacial score (nSPS) is 11.7. The van der Waals surface area contributed by atoms with Crippen molar-refractivity contribution in [1.29, 1.82) is 0 Å². The van der Waals surface area contributed by atoms with Crippen LogP contribution in [-0.4, -0.2) is 27.9 Å². The number of nitrogens with zero attached hydrogens (tertiary/aromatic N) is 1. The predicted octanol–water partition coefficient (Wildman–Crippen LogP) is 2.34. The molecule has 108 valence electrons. The number of carbonyl (C=O) groups is 2. The van der Waals surface area contributed by atoms with Crippen LogP contribution >= 0.6 is 15.9 Å². The highest BCUT2D eigenvalue weighted by Crippen LogP contribution is 2.23. The summed E-state index contributed by atoms with van der Waals surface area (Å²) in [6.45, 7) is 1.81. The molecule has 0 radical (unpaired) electrons. The molecule has 20 heavy (non-hydrogen) atoms. The van der Waals surface area contributed by atoms with E-state index in [1.165, 1.54) is 18.2 Å². The number of amides is 1. The lowest BCUT2D eigenvalue weighted by Gasteiger charge is -2.14. The van der Waals surface area contributed by atoms with Gasteiger partial charge in [-0.25, -0.2) is 4.79 Å². The average molecular weight is 345 g/mol. The lowest BCUT2D eigenvalue weighted by Crippen LogP contribution is -2.40. The van der Waals surface area contributed by atoms with Crippen LogP contribution in [0.2, 0.25) is 0 Å². The molecular formula is C12H13BrN2O5. The minimum absolute atomic E-state index is 0.151. The number of hydrogen-bond acceptors (Lipinski definition) is 4. The largest absolute Gasteiger partial charge is 0.480 e. The van der Waals surface area contributed by atoms with E-state index in [0.29, 0.717) is 12.8 Å². The van der Waals surface area contributed by atoms with Gasteiger partial charge in [0, 0.05) is 16.6 Å². The molecule has 1 atom stereocenters. The number of halogens is 1. The second-order valence-corrected chi connectivity index (χ2v) is 4.93. The second-order valence-electron chi connectivity index (χ2n) is 4.07. The van der Waals surface area contributed by atoms with E-state index in [-0.39, 0.29) is 15.7 Å². The fourth-order valence-corrected chi connectivity index (χ4v) is 2.13. The monoisotopic (exact) mass is 344 g/mol. The number of nitrogens with one attached hydrogen (secondary N) is 1. The van der Waals surface area contributed by atoms with Gasteiger partial charge in [0.15, 0.2) is 0 Å². The van der Waals surface area contributed by atoms with Crippen molar-refractivity contribution in [1.82, 2.24) is 5.32 Å². The van der Waals surface area contributed by atoms with Gasteiger partial charge in [0.05, 0.1) is 10.5 Å². The minimum Gasteiger partial charge on any atom is -0.480 e. The van der Waals surface area contributed by atoms with Crippen molar-refractivity contribution in [2.45, 2.75) is 25.8 Å². The Bertz CT molecular complexity index is 547. The molecule has 2 N–H and O–H groups in total. The number of carboxylic acids is 1. The lowest BCUT2D eigenvalue weighted by molar-refractivity contribution is -0.384. The smallest absolute Gasteiger partial charge is 0.326 e. The highest BCUT2D eigenvalue weighted by atomic mass is 79.9. The average Bonchev–Trinajstić information content (AvgIpc) is 2.37. The van der Waals surface area contributed by atoms with Crippen LogP contribution in [0.4, 0.5) is 5.69 Å². The molecule has 8 heteroatoms. The minimum atomic E-state index is -1.11. The Hall–Kier alpha value is -1.96. The predicted molar refractivity (Wildman–Crippen MR) is 74.6 cm³/mol. The Labute approximate surface area is 123 Å². The third kappa shape index (κ3) is 4.02. The number of rotatable bonds is 6. The van der Waals surface area contributed by atoms with Gasteiger partial charge >= 0.3 is 5.97 Å². The first-order chi connectivity index (χ1) is 9.36. The molecule has 1 rings (SSSR count). The molecule has 0 aliphatic carbocycles. The standard InChI is InChI=1S/C12H13BrN2O5/c1-2-3-10(12(17)18)14-11(16)8-5-4-7(15(19)20)6-9(8)13/h4-6,10H,2-3H2,1H3,(H,14,16)(H,17,18). The number of nitro groups is 1. The van der Waals surface area contributed by atoms with Gasteiger partial charge in [-0.15, -0.1) is 0 Å². The maximum absolute atomic E-state index is 12.0. The number of carbonyl (C=O) groups excluding carboxylic acids is 1. The molecule has 7 nitrogen and oxygen atoms in total. The summed E-state index contributed by atoms with van der Waals surface area (Å²) < 4.78 is 0.241. The van der Waals surface area contributed by atoms with Gasteiger partial charge in [0.25, 0.3) is 11.6 Å². The summed E-state index contributed by atoms with van der Waals surface area (Å²) in [5.41, 5.74) is -0.00489. The Kier molecular flexibility index (Phi) is 5.63. The van der Waals surface area contributed by atoms with Crippen LogP contribution < -0.4 is 5.32 Å². The van der Waals surface area contributed by atoms with Crippen molar-refractivity contribution in [3.05, 3.63) is 38.3 Å². The molecule has 0 aromatic heterocycles. The molecule has 1 unspecified atom stereocenters. The summed E-state index contributed by atoms with van der Waals surface area (Å²) >= 11 is 3.07. The number of aliphatic carboxylic acids is 1. The van der Waals surface area contributed by atoms with Crippen LogP contribution in [-0.2, 0) is 4.79 Å². The summed E-state index contributed by atoms with van der Waals surface area (Å²) in [4.78, 5) is 32.9. The van der Waals surface area contributed by atoms with Crippen molar-refractivity contribution in [2.75, 3.05) is 0 Å². The number of nitro benzene ring substituents is 1. The molecule has 1 aromatic rings. The molecule has 0 aliphatic heterocycles. The molecule has 0 fully saturated rings. The molecular weight excluding hydrogens is 332 g/mol. The van der Waals surface area contributed by atoms with E-state index in [9.17, 15) is 19.7 Å². The van der Waals surface area contributed by atoms with Crippen LogP contribution in [0.25, 0.3) is 0 Å². The zero-order valence-corrected chi connectivity index (χ0v) is 12.2. The third-order valence-corrected chi connectivity index (χ3v) is 3.24. The van der Waals surface area contributed by atoms with Crippen LogP contribution in [0, 0.1) is 10.1 Å². The summed E-state index contributed by atoms with van der Waals surface area (Å²) in [6.07, 6.45) is 0.921. The number of hydrogen-bond donors (Lipinski definition) is 2. The molecule has 0 spiro atoms. The van der Waals surface area contributed by atoms with E-state index in [1.807, 2.05) is 6.92 Å². The van der Waals surface area contributed by atoms with Gasteiger partial charge in [0.2, 0.25) is 0 Å². The van der Waals surface area contributed by atoms with E-state index in [0.717, 1.165) is 0 Å². The summed E-state index contributed by atoms with van der Waals surface area (Å²) in [7, 11) is 0. The Morgan fingerprint density at radius 3 is 2.60 bits per heavy atom. The summed E-state index contributed by atoms with van der Waals surface area (Å²) in [5.74, 6) is -1.70. The topological polar surface area (TPSA) is 110 Å². The Morgan fingerprint density at radius 1 is 1.50 bits per heavy atom. The molecule has 0 heterocycles. The van der Waals surface area contributed by atoms with E-state index in [1.54, 1.807) is 0 Å². The highest BCUT2D eigenvalue weighted by Gasteiger charge is 2.21. The lowest BCUT2D eigenvalue weighted by atomic mass is 10.1. The molecule has 0 aliphatic rings. The van der Waals surface area contributed by atoms with Gasteiger partial charge in [-0.05, 0) is 28.4 Å². The van der Waals surface area contributed by atoms with Crippen molar-refractivity contribution in [3.63, 3.8) is 0 Å². The molecule has 1 aromatic carbocycles. The number of carboxylic acid groups (broad SMARTS) is 1. The van der Waals surface area contributed by atoms with Gasteiger partial charge in [-0.2, -0.15) is 0 Å². The van der Waals surface area contributed by atoms with Crippen LogP contribution in [0.3, 0.4) is 0 Å². The van der Waals surface area contributed by atoms with Crippen molar-refractivity contribution >= 4 is 33.5 Å². The first-order valence-corrected chi connectivity index (χ1v) is 6.63. The van der Waals surface area contributed by atoms with Crippen LogP contribution in [0.1, 0.15) is 30.1 Å². The summed E-state index contributed by atoms with van der Waals surface area (Å²) in [5, 5.41) is 21.9. The number of non-ortho nitro benzene ring substituents is 1. The van der Waals surface area contributed by atoms with E-state index in [4.69, 9.17) is 5.11 Å². The maximum atomic E-state index is 12.0. The fraction of sp³-hybridized carbons (Fsp3) is 0.333. The maximum Gasteiger partial charge on any atom is 0.326 e. The van der Waals surface area contributed by atoms with Crippen molar-refractivity contribution < 1.29 is 19.6 Å². The van der Waals surface area contributed by atoms with E-state index in [2.05, 4.69) is 21.2 Å². The Morgan fingerprint density at radius 2 is 2.15 bits per heavy atom. The van der Waals surface area contributed by atoms with E-state index < -0.39 is 22.8 Å². The van der Waals surface area contributed by atoms with Gasteiger partial charge in [-0.3, -0.25) is 14.9 Å². The second kappa shape index (κ2) is 6.99. The first kappa shape index (κ1) is 16.1. The molecule has 0 saturated heterocycles. The van der Waals surface area contributed by atoms with Crippen molar-refractivity contribution in [3.8, 4) is 0 Å². The van der Waals surface area contributed by atoms with Crippen molar-refractivity contribution in [2.24, 2.45) is 0 Å². The SMILES string of the molecule is CCCC(NC(=O)c1ccc([N+](=O)[O-])cc1Br)C(=O)O. The van der Waals surface area contributed by atoms with E-state index >= 15 is 0 Å². The molecule has 1 amide bonds.